The number of anilines is 3. The van der Waals surface area contributed by atoms with E-state index in [2.05, 4.69) is 280 Å². The van der Waals surface area contributed by atoms with Crippen molar-refractivity contribution in [1.82, 2.24) is 0 Å². The van der Waals surface area contributed by atoms with Crippen LogP contribution >= 0.6 is 11.3 Å². The van der Waals surface area contributed by atoms with Gasteiger partial charge in [-0.2, -0.15) is 0 Å². The third-order valence-electron chi connectivity index (χ3n) is 15.8. The molecule has 14 rings (SSSR count). The Hall–Kier alpha value is -8.56. The van der Waals surface area contributed by atoms with Gasteiger partial charge in [-0.15, -0.1) is 11.3 Å². The smallest absolute Gasteiger partial charge is 0.0713 e. The Morgan fingerprint density at radius 1 is 0.319 bits per heavy atom. The SMILES string of the molecule is CC1(C)c2ccccc2-c2c(N(c3ccc(-c4ccc5c(c4)sc4ccccc45)cc3)c3ccccc3-c3cccc(-c4ccc5c(c4)-c4ccccc4C5(c4ccccc4)c4ccccc4)c3)cccc21. The molecule has 0 radical (unpaired) electrons. The first-order chi connectivity index (χ1) is 35.5. The summed E-state index contributed by atoms with van der Waals surface area (Å²) in [7, 11) is 0. The van der Waals surface area contributed by atoms with E-state index in [9.17, 15) is 0 Å². The van der Waals surface area contributed by atoms with E-state index in [1.807, 2.05) is 11.3 Å². The van der Waals surface area contributed by atoms with Gasteiger partial charge in [0, 0.05) is 42.4 Å². The van der Waals surface area contributed by atoms with Crippen LogP contribution in [0, 0.1) is 0 Å². The van der Waals surface area contributed by atoms with Crippen LogP contribution in [0.1, 0.15) is 47.2 Å². The van der Waals surface area contributed by atoms with Gasteiger partial charge in [-0.1, -0.05) is 226 Å². The van der Waals surface area contributed by atoms with Crippen LogP contribution < -0.4 is 4.90 Å². The molecule has 0 saturated carbocycles. The molecule has 0 amide bonds. The fraction of sp³-hybridized carbons (Fsp3) is 0.0571. The van der Waals surface area contributed by atoms with Gasteiger partial charge in [0.05, 0.1) is 16.8 Å². The van der Waals surface area contributed by atoms with Gasteiger partial charge in [0.2, 0.25) is 0 Å². The molecule has 0 atom stereocenters. The Labute approximate surface area is 425 Å². The van der Waals surface area contributed by atoms with E-state index in [0.717, 1.165) is 11.4 Å². The van der Waals surface area contributed by atoms with Gasteiger partial charge in [0.25, 0.3) is 0 Å². The number of fused-ring (bicyclic) bond motifs is 9. The average Bonchev–Trinajstić information content (AvgIpc) is 4.05. The monoisotopic (exact) mass is 935 g/mol. The fourth-order valence-electron chi connectivity index (χ4n) is 12.4. The molecule has 340 valence electrons. The third-order valence-corrected chi connectivity index (χ3v) is 16.9. The molecule has 1 nitrogen and oxygen atoms in total. The van der Waals surface area contributed by atoms with Gasteiger partial charge in [0.15, 0.2) is 0 Å². The topological polar surface area (TPSA) is 3.24 Å². The van der Waals surface area contributed by atoms with Crippen LogP contribution in [0.25, 0.3) is 75.8 Å². The highest BCUT2D eigenvalue weighted by atomic mass is 32.1. The minimum absolute atomic E-state index is 0.144. The fourth-order valence-corrected chi connectivity index (χ4v) is 13.6. The summed E-state index contributed by atoms with van der Waals surface area (Å²) in [4.78, 5) is 2.51. The van der Waals surface area contributed by atoms with E-state index < -0.39 is 5.41 Å². The molecule has 0 bridgehead atoms. The number of para-hydroxylation sites is 1. The van der Waals surface area contributed by atoms with Crippen LogP contribution in [0.3, 0.4) is 0 Å². The Morgan fingerprint density at radius 2 is 0.861 bits per heavy atom. The molecule has 0 saturated heterocycles. The molecular weight excluding hydrogens is 887 g/mol. The zero-order chi connectivity index (χ0) is 48.0. The van der Waals surface area contributed by atoms with Crippen molar-refractivity contribution in [1.29, 1.82) is 0 Å². The Balaban J connectivity index is 0.910. The van der Waals surface area contributed by atoms with Crippen LogP contribution in [-0.2, 0) is 10.8 Å². The largest absolute Gasteiger partial charge is 0.309 e. The maximum absolute atomic E-state index is 2.51. The average molecular weight is 936 g/mol. The van der Waals surface area contributed by atoms with Crippen molar-refractivity contribution in [2.24, 2.45) is 0 Å². The second-order valence-corrected chi connectivity index (χ2v) is 21.0. The standard InChI is InChI=1S/C70H49NS/c1-69(2)60-29-13-10-28-58(60)68-63(69)31-18-33-65(68)71(53-39-35-46(36-40-53)49-37-41-57-56-27-12-16-34-66(56)72-67(57)45-49)64-32-15-11-25-54(64)50-20-17-19-47(43-50)48-38-42-62-59(44-48)55-26-9-14-30-61(55)70(62,51-21-5-3-6-22-51)52-23-7-4-8-24-52/h3-45H,1-2H3. The Morgan fingerprint density at radius 3 is 1.65 bits per heavy atom. The van der Waals surface area contributed by atoms with Crippen molar-refractivity contribution in [2.75, 3.05) is 4.90 Å². The Bertz CT molecular complexity index is 4030. The lowest BCUT2D eigenvalue weighted by atomic mass is 9.67. The first-order valence-corrected chi connectivity index (χ1v) is 25.9. The minimum atomic E-state index is -0.435. The van der Waals surface area contributed by atoms with Crippen LogP contribution in [-0.4, -0.2) is 0 Å². The summed E-state index contributed by atoms with van der Waals surface area (Å²) >= 11 is 1.87. The van der Waals surface area contributed by atoms with Crippen molar-refractivity contribution in [3.05, 3.63) is 294 Å². The molecule has 2 aliphatic rings. The zero-order valence-electron chi connectivity index (χ0n) is 40.2. The molecule has 0 unspecified atom stereocenters. The normalized spacial score (nSPS) is 13.6. The van der Waals surface area contributed by atoms with E-state index in [1.165, 1.54) is 115 Å². The van der Waals surface area contributed by atoms with E-state index in [0.29, 0.717) is 0 Å². The molecule has 11 aromatic carbocycles. The summed E-state index contributed by atoms with van der Waals surface area (Å²) in [5.41, 5.74) is 23.0. The van der Waals surface area contributed by atoms with Crippen molar-refractivity contribution < 1.29 is 0 Å². The Kier molecular flexibility index (Phi) is 9.71. The minimum Gasteiger partial charge on any atom is -0.309 e. The number of rotatable bonds is 8. The summed E-state index contributed by atoms with van der Waals surface area (Å²) in [6.45, 7) is 4.74. The first kappa shape index (κ1) is 42.3. The first-order valence-electron chi connectivity index (χ1n) is 25.1. The van der Waals surface area contributed by atoms with Gasteiger partial charge in [0.1, 0.15) is 0 Å². The van der Waals surface area contributed by atoms with Crippen LogP contribution in [0.4, 0.5) is 17.1 Å². The maximum Gasteiger partial charge on any atom is 0.0713 e. The van der Waals surface area contributed by atoms with E-state index in [4.69, 9.17) is 0 Å². The lowest BCUT2D eigenvalue weighted by Gasteiger charge is -2.33. The number of nitrogens with zero attached hydrogens (tertiary/aromatic N) is 1. The highest BCUT2D eigenvalue weighted by Crippen LogP contribution is 2.58. The van der Waals surface area contributed by atoms with Gasteiger partial charge < -0.3 is 4.90 Å². The molecule has 0 fully saturated rings. The number of hydrogen-bond donors (Lipinski definition) is 0. The van der Waals surface area contributed by atoms with Gasteiger partial charge in [-0.05, 0) is 126 Å². The lowest BCUT2D eigenvalue weighted by Crippen LogP contribution is -2.28. The lowest BCUT2D eigenvalue weighted by molar-refractivity contribution is 0.660. The molecule has 12 aromatic rings. The molecule has 1 heterocycles. The van der Waals surface area contributed by atoms with Gasteiger partial charge >= 0.3 is 0 Å². The van der Waals surface area contributed by atoms with Gasteiger partial charge in [-0.25, -0.2) is 0 Å². The third kappa shape index (κ3) is 6.39. The summed E-state index contributed by atoms with van der Waals surface area (Å²) in [5.74, 6) is 0. The van der Waals surface area contributed by atoms with Crippen LogP contribution in [0.2, 0.25) is 0 Å². The summed E-state index contributed by atoms with van der Waals surface area (Å²) < 4.78 is 2.64. The number of benzene rings is 11. The van der Waals surface area contributed by atoms with Crippen molar-refractivity contribution in [3.8, 4) is 55.6 Å². The van der Waals surface area contributed by atoms with E-state index >= 15 is 0 Å². The van der Waals surface area contributed by atoms with Crippen molar-refractivity contribution in [2.45, 2.75) is 24.7 Å². The predicted molar refractivity (Wildman–Crippen MR) is 305 cm³/mol. The second-order valence-electron chi connectivity index (χ2n) is 19.9. The summed E-state index contributed by atoms with van der Waals surface area (Å²) in [5, 5.41) is 2.64. The molecule has 0 N–H and O–H groups in total. The molecule has 1 aromatic heterocycles. The number of hydrogen-bond acceptors (Lipinski definition) is 2. The zero-order valence-corrected chi connectivity index (χ0v) is 41.0. The highest BCUT2D eigenvalue weighted by Gasteiger charge is 2.46. The molecule has 72 heavy (non-hydrogen) atoms. The van der Waals surface area contributed by atoms with E-state index in [1.54, 1.807) is 0 Å². The van der Waals surface area contributed by atoms with E-state index in [-0.39, 0.29) is 5.41 Å². The van der Waals surface area contributed by atoms with Crippen LogP contribution in [0.15, 0.2) is 261 Å². The quantitative estimate of drug-likeness (QED) is 0.147. The van der Waals surface area contributed by atoms with Crippen molar-refractivity contribution >= 4 is 48.6 Å². The molecule has 0 aliphatic heterocycles. The molecule has 2 aliphatic carbocycles. The maximum atomic E-state index is 2.51. The summed E-state index contributed by atoms with van der Waals surface area (Å²) in [6.07, 6.45) is 0. The van der Waals surface area contributed by atoms with Crippen molar-refractivity contribution in [3.63, 3.8) is 0 Å². The van der Waals surface area contributed by atoms with Gasteiger partial charge in [-0.3, -0.25) is 0 Å². The molecular formula is C70H49NS. The second kappa shape index (κ2) is 16.5. The molecule has 2 heteroatoms. The highest BCUT2D eigenvalue weighted by molar-refractivity contribution is 7.25. The number of thiophene rings is 1. The van der Waals surface area contributed by atoms with Crippen LogP contribution in [0.5, 0.6) is 0 Å². The predicted octanol–water partition coefficient (Wildman–Crippen LogP) is 19.2. The summed E-state index contributed by atoms with van der Waals surface area (Å²) in [6, 6.07) is 97.2. The molecule has 0 spiro atoms.